The molecule has 2 rings (SSSR count). The molecule has 30 heavy (non-hydrogen) atoms. The van der Waals surface area contributed by atoms with Gasteiger partial charge in [-0.1, -0.05) is 23.7 Å². The Bertz CT molecular complexity index is 836. The van der Waals surface area contributed by atoms with Crippen LogP contribution in [0.2, 0.25) is 5.02 Å². The van der Waals surface area contributed by atoms with Crippen LogP contribution in [0.3, 0.4) is 0 Å². The van der Waals surface area contributed by atoms with Crippen molar-refractivity contribution in [3.8, 4) is 0 Å². The van der Waals surface area contributed by atoms with Crippen LogP contribution in [0.25, 0.3) is 0 Å². The summed E-state index contributed by atoms with van der Waals surface area (Å²) in [6, 6.07) is 12.0. The van der Waals surface area contributed by atoms with Gasteiger partial charge < -0.3 is 24.9 Å². The highest BCUT2D eigenvalue weighted by Crippen LogP contribution is 2.12. The van der Waals surface area contributed by atoms with Gasteiger partial charge in [0.15, 0.2) is 0 Å². The molecule has 2 amide bonds. The number of hydrogen-bond donors (Lipinski definition) is 3. The quantitative estimate of drug-likeness (QED) is 0.391. The topological polar surface area (TPSA) is 99.1 Å². The molecule has 0 aromatic heterocycles. The molecule has 0 fully saturated rings. The normalized spacial score (nSPS) is 11.6. The van der Waals surface area contributed by atoms with Gasteiger partial charge in [0.1, 0.15) is 12.0 Å². The van der Waals surface area contributed by atoms with Crippen molar-refractivity contribution in [1.29, 1.82) is 0 Å². The van der Waals surface area contributed by atoms with E-state index in [1.54, 1.807) is 31.2 Å². The SMILES string of the molecule is CCN(CCC(=O)N[C@@H](Cc1ccc(F)cc1)OB(O)O)C(=O)c1ccc(Cl)cc1. The first-order valence-corrected chi connectivity index (χ1v) is 9.76. The maximum Gasteiger partial charge on any atom is 0.635 e. The summed E-state index contributed by atoms with van der Waals surface area (Å²) in [4.78, 5) is 26.4. The molecular weight excluding hydrogens is 413 g/mol. The zero-order valence-corrected chi connectivity index (χ0v) is 17.2. The number of amides is 2. The fraction of sp³-hybridized carbons (Fsp3) is 0.300. The summed E-state index contributed by atoms with van der Waals surface area (Å²) >= 11 is 5.84. The molecule has 0 radical (unpaired) electrons. The molecule has 160 valence electrons. The van der Waals surface area contributed by atoms with Crippen molar-refractivity contribution in [3.63, 3.8) is 0 Å². The zero-order valence-electron chi connectivity index (χ0n) is 16.4. The second-order valence-electron chi connectivity index (χ2n) is 6.49. The van der Waals surface area contributed by atoms with Crippen molar-refractivity contribution >= 4 is 30.7 Å². The number of halogens is 2. The maximum atomic E-state index is 13.0. The lowest BCUT2D eigenvalue weighted by Crippen LogP contribution is -2.43. The Morgan fingerprint density at radius 2 is 1.80 bits per heavy atom. The lowest BCUT2D eigenvalue weighted by Gasteiger charge is -2.23. The maximum absolute atomic E-state index is 13.0. The minimum absolute atomic E-state index is 0.0159. The zero-order chi connectivity index (χ0) is 22.1. The molecule has 2 aromatic carbocycles. The average molecular weight is 437 g/mol. The first kappa shape index (κ1) is 23.8. The third-order valence-corrected chi connectivity index (χ3v) is 4.56. The molecule has 0 saturated heterocycles. The predicted octanol–water partition coefficient (Wildman–Crippen LogP) is 2.00. The predicted molar refractivity (Wildman–Crippen MR) is 111 cm³/mol. The van der Waals surface area contributed by atoms with Gasteiger partial charge in [0, 0.05) is 36.5 Å². The van der Waals surface area contributed by atoms with Crippen LogP contribution >= 0.6 is 11.6 Å². The van der Waals surface area contributed by atoms with E-state index in [1.807, 2.05) is 0 Å². The van der Waals surface area contributed by atoms with E-state index in [-0.39, 0.29) is 25.3 Å². The largest absolute Gasteiger partial charge is 0.635 e. The Balaban J connectivity index is 1.93. The van der Waals surface area contributed by atoms with Gasteiger partial charge in [-0.05, 0) is 48.9 Å². The van der Waals surface area contributed by atoms with Gasteiger partial charge in [0.2, 0.25) is 5.91 Å². The summed E-state index contributed by atoms with van der Waals surface area (Å²) in [5.41, 5.74) is 1.10. The Hall–Kier alpha value is -2.46. The van der Waals surface area contributed by atoms with Crippen molar-refractivity contribution in [2.75, 3.05) is 13.1 Å². The first-order chi connectivity index (χ1) is 14.3. The number of carbonyl (C=O) groups is 2. The fourth-order valence-electron chi connectivity index (χ4n) is 2.78. The number of hydrogen-bond acceptors (Lipinski definition) is 5. The van der Waals surface area contributed by atoms with Crippen molar-refractivity contribution in [1.82, 2.24) is 10.2 Å². The number of nitrogens with zero attached hydrogens (tertiary/aromatic N) is 1. The van der Waals surface area contributed by atoms with Gasteiger partial charge in [-0.15, -0.1) is 0 Å². The average Bonchev–Trinajstić information content (AvgIpc) is 2.70. The fourth-order valence-corrected chi connectivity index (χ4v) is 2.91. The van der Waals surface area contributed by atoms with E-state index >= 15 is 0 Å². The van der Waals surface area contributed by atoms with E-state index in [9.17, 15) is 14.0 Å². The van der Waals surface area contributed by atoms with Gasteiger partial charge in [0.25, 0.3) is 5.91 Å². The second kappa shape index (κ2) is 11.7. The Labute approximate surface area is 179 Å². The van der Waals surface area contributed by atoms with Crippen molar-refractivity contribution in [3.05, 3.63) is 70.5 Å². The van der Waals surface area contributed by atoms with Crippen LogP contribution in [0.5, 0.6) is 0 Å². The molecule has 0 bridgehead atoms. The molecular formula is C20H23BClFN2O5. The minimum Gasteiger partial charge on any atom is -0.402 e. The van der Waals surface area contributed by atoms with E-state index in [2.05, 4.69) is 5.32 Å². The molecule has 0 heterocycles. The Morgan fingerprint density at radius 1 is 1.17 bits per heavy atom. The van der Waals surface area contributed by atoms with Crippen molar-refractivity contribution in [2.45, 2.75) is 26.0 Å². The van der Waals surface area contributed by atoms with Crippen LogP contribution in [-0.2, 0) is 15.9 Å². The first-order valence-electron chi connectivity index (χ1n) is 9.38. The van der Waals surface area contributed by atoms with Gasteiger partial charge in [-0.2, -0.15) is 0 Å². The number of rotatable bonds is 10. The lowest BCUT2D eigenvalue weighted by molar-refractivity contribution is -0.124. The van der Waals surface area contributed by atoms with E-state index in [1.165, 1.54) is 29.2 Å². The number of nitrogens with one attached hydrogen (secondary N) is 1. The van der Waals surface area contributed by atoms with E-state index < -0.39 is 25.3 Å². The van der Waals surface area contributed by atoms with Gasteiger partial charge in [-0.25, -0.2) is 4.39 Å². The highest BCUT2D eigenvalue weighted by Gasteiger charge is 2.21. The van der Waals surface area contributed by atoms with Gasteiger partial charge in [0.05, 0.1) is 0 Å². The molecule has 0 unspecified atom stereocenters. The summed E-state index contributed by atoms with van der Waals surface area (Å²) in [5, 5.41) is 21.3. The molecule has 0 aliphatic heterocycles. The summed E-state index contributed by atoms with van der Waals surface area (Å²) in [6.07, 6.45) is -0.951. The van der Waals surface area contributed by atoms with E-state index in [0.717, 1.165) is 0 Å². The standard InChI is InChI=1S/C20H23BClFN2O5/c1-2-25(20(27)15-5-7-16(22)8-6-15)12-11-18(26)24-19(30-21(28)29)13-14-3-9-17(23)10-4-14/h3-10,19,28-29H,2,11-13H2,1H3,(H,24,26)/t19-/m1/s1. The minimum atomic E-state index is -2.09. The van der Waals surface area contributed by atoms with Crippen LogP contribution in [0.15, 0.2) is 48.5 Å². The van der Waals surface area contributed by atoms with Crippen LogP contribution in [0.4, 0.5) is 4.39 Å². The highest BCUT2D eigenvalue weighted by molar-refractivity contribution is 6.32. The van der Waals surface area contributed by atoms with Crippen molar-refractivity contribution in [2.24, 2.45) is 0 Å². The molecule has 2 aromatic rings. The number of carbonyl (C=O) groups excluding carboxylic acids is 2. The van der Waals surface area contributed by atoms with Crippen LogP contribution in [0, 0.1) is 5.82 Å². The van der Waals surface area contributed by atoms with Crippen molar-refractivity contribution < 1.29 is 28.7 Å². The lowest BCUT2D eigenvalue weighted by atomic mass is 10.1. The Kier molecular flexibility index (Phi) is 9.26. The van der Waals surface area contributed by atoms with Crippen LogP contribution < -0.4 is 5.32 Å². The summed E-state index contributed by atoms with van der Waals surface area (Å²) < 4.78 is 18.0. The molecule has 1 atom stereocenters. The molecule has 0 spiro atoms. The van der Waals surface area contributed by atoms with E-state index in [0.29, 0.717) is 22.7 Å². The molecule has 0 aliphatic carbocycles. The Morgan fingerprint density at radius 3 is 2.37 bits per heavy atom. The molecule has 3 N–H and O–H groups in total. The van der Waals surface area contributed by atoms with Crippen LogP contribution in [0.1, 0.15) is 29.3 Å². The summed E-state index contributed by atoms with van der Waals surface area (Å²) in [5.74, 6) is -1.08. The summed E-state index contributed by atoms with van der Waals surface area (Å²) in [7, 11) is -2.09. The highest BCUT2D eigenvalue weighted by atomic mass is 35.5. The van der Waals surface area contributed by atoms with E-state index in [4.69, 9.17) is 26.3 Å². The second-order valence-corrected chi connectivity index (χ2v) is 6.93. The molecule has 10 heteroatoms. The summed E-state index contributed by atoms with van der Waals surface area (Å²) in [6.45, 7) is 2.36. The third kappa shape index (κ3) is 7.76. The molecule has 0 saturated carbocycles. The number of benzene rings is 2. The third-order valence-electron chi connectivity index (χ3n) is 4.31. The van der Waals surface area contributed by atoms with Gasteiger partial charge in [-0.3, -0.25) is 9.59 Å². The monoisotopic (exact) mass is 436 g/mol. The molecule has 0 aliphatic rings. The smallest absolute Gasteiger partial charge is 0.402 e. The van der Waals surface area contributed by atoms with Gasteiger partial charge >= 0.3 is 7.32 Å². The van der Waals surface area contributed by atoms with Crippen LogP contribution in [-0.4, -0.2) is 53.4 Å². The molecule has 7 nitrogen and oxygen atoms in total.